The molecule has 4 heteroatoms. The molecule has 0 radical (unpaired) electrons. The molecule has 0 unspecified atom stereocenters. The molecule has 0 spiro atoms. The van der Waals surface area contributed by atoms with Crippen LogP contribution in [-0.4, -0.2) is 21.7 Å². The minimum absolute atomic E-state index is 0.0649. The van der Waals surface area contributed by atoms with Gasteiger partial charge in [-0.1, -0.05) is 13.8 Å². The summed E-state index contributed by atoms with van der Waals surface area (Å²) in [7, 11) is 0. The molecule has 2 aliphatic rings. The highest BCUT2D eigenvalue weighted by Gasteiger charge is 2.42. The molecule has 1 N–H and O–H groups in total. The van der Waals surface area contributed by atoms with E-state index in [1.165, 1.54) is 25.7 Å². The number of amides is 1. The van der Waals surface area contributed by atoms with Crippen LogP contribution in [0.5, 0.6) is 0 Å². The molecule has 1 aromatic heterocycles. The van der Waals surface area contributed by atoms with E-state index in [0.717, 1.165) is 29.8 Å². The van der Waals surface area contributed by atoms with Crippen molar-refractivity contribution in [2.75, 3.05) is 0 Å². The molecule has 20 heavy (non-hydrogen) atoms. The van der Waals surface area contributed by atoms with Crippen LogP contribution in [0.3, 0.4) is 0 Å². The standard InChI is InChI=1S/C16H25N3O/c1-4-19-14(9-13(18-19)10(2)3)16(20)17-15(11-5-6-11)12-7-8-12/h9-12,15H,4-8H2,1-3H3,(H,17,20). The molecule has 0 bridgehead atoms. The third-order valence-corrected chi connectivity index (χ3v) is 4.48. The van der Waals surface area contributed by atoms with Gasteiger partial charge >= 0.3 is 0 Å². The van der Waals surface area contributed by atoms with Gasteiger partial charge in [-0.05, 0) is 56.4 Å². The number of nitrogens with one attached hydrogen (secondary N) is 1. The van der Waals surface area contributed by atoms with Gasteiger partial charge in [-0.25, -0.2) is 0 Å². The van der Waals surface area contributed by atoms with Crippen LogP contribution in [0.25, 0.3) is 0 Å². The van der Waals surface area contributed by atoms with Crippen LogP contribution in [0.4, 0.5) is 0 Å². The Morgan fingerprint density at radius 2 is 1.95 bits per heavy atom. The van der Waals surface area contributed by atoms with Crippen molar-refractivity contribution < 1.29 is 4.79 Å². The summed E-state index contributed by atoms with van der Waals surface area (Å²) in [4.78, 5) is 12.6. The maximum atomic E-state index is 12.6. The van der Waals surface area contributed by atoms with Gasteiger partial charge in [-0.2, -0.15) is 5.10 Å². The summed E-state index contributed by atoms with van der Waals surface area (Å²) in [5.41, 5.74) is 1.73. The Kier molecular flexibility index (Phi) is 3.57. The molecule has 2 fully saturated rings. The first-order valence-electron chi connectivity index (χ1n) is 7.98. The highest BCUT2D eigenvalue weighted by atomic mass is 16.2. The van der Waals surface area contributed by atoms with Gasteiger partial charge in [0.2, 0.25) is 0 Å². The quantitative estimate of drug-likeness (QED) is 0.867. The van der Waals surface area contributed by atoms with Gasteiger partial charge < -0.3 is 5.32 Å². The first-order valence-corrected chi connectivity index (χ1v) is 7.98. The van der Waals surface area contributed by atoms with Crippen LogP contribution in [0.2, 0.25) is 0 Å². The monoisotopic (exact) mass is 275 g/mol. The smallest absolute Gasteiger partial charge is 0.269 e. The fourth-order valence-electron chi connectivity index (χ4n) is 2.90. The van der Waals surface area contributed by atoms with Gasteiger partial charge in [0.25, 0.3) is 5.91 Å². The number of hydrogen-bond donors (Lipinski definition) is 1. The van der Waals surface area contributed by atoms with Crippen molar-refractivity contribution in [3.63, 3.8) is 0 Å². The van der Waals surface area contributed by atoms with Crippen molar-refractivity contribution in [1.29, 1.82) is 0 Å². The zero-order valence-corrected chi connectivity index (χ0v) is 12.7. The Morgan fingerprint density at radius 1 is 1.35 bits per heavy atom. The molecule has 1 aromatic rings. The van der Waals surface area contributed by atoms with Gasteiger partial charge in [0.1, 0.15) is 5.69 Å². The highest BCUT2D eigenvalue weighted by Crippen LogP contribution is 2.44. The maximum absolute atomic E-state index is 12.6. The fraction of sp³-hybridized carbons (Fsp3) is 0.750. The molecular formula is C16H25N3O. The van der Waals surface area contributed by atoms with E-state index in [0.29, 0.717) is 12.0 Å². The van der Waals surface area contributed by atoms with E-state index in [1.54, 1.807) is 0 Å². The van der Waals surface area contributed by atoms with Crippen LogP contribution in [-0.2, 0) is 6.54 Å². The molecule has 0 saturated heterocycles. The predicted molar refractivity (Wildman–Crippen MR) is 78.7 cm³/mol. The van der Waals surface area contributed by atoms with Crippen molar-refractivity contribution in [2.45, 2.75) is 65.0 Å². The van der Waals surface area contributed by atoms with Gasteiger partial charge in [-0.3, -0.25) is 9.48 Å². The van der Waals surface area contributed by atoms with Crippen LogP contribution >= 0.6 is 0 Å². The second kappa shape index (κ2) is 5.23. The number of hydrogen-bond acceptors (Lipinski definition) is 2. The second-order valence-electron chi connectivity index (χ2n) is 6.60. The summed E-state index contributed by atoms with van der Waals surface area (Å²) in [6.45, 7) is 7.00. The molecular weight excluding hydrogens is 250 g/mol. The average molecular weight is 275 g/mol. The van der Waals surface area contributed by atoms with Crippen molar-refractivity contribution in [3.8, 4) is 0 Å². The Labute approximate surface area is 120 Å². The fourth-order valence-corrected chi connectivity index (χ4v) is 2.90. The largest absolute Gasteiger partial charge is 0.347 e. The van der Waals surface area contributed by atoms with Crippen LogP contribution in [0.1, 0.15) is 68.6 Å². The average Bonchev–Trinajstić information content (AvgIpc) is 3.32. The Balaban J connectivity index is 1.75. The van der Waals surface area contributed by atoms with Crippen molar-refractivity contribution in [1.82, 2.24) is 15.1 Å². The van der Waals surface area contributed by atoms with E-state index in [9.17, 15) is 4.79 Å². The molecule has 110 valence electrons. The lowest BCUT2D eigenvalue weighted by Crippen LogP contribution is -2.39. The normalized spacial score (nSPS) is 18.9. The minimum Gasteiger partial charge on any atom is -0.347 e. The molecule has 0 aliphatic heterocycles. The van der Waals surface area contributed by atoms with E-state index in [1.807, 2.05) is 17.7 Å². The van der Waals surface area contributed by atoms with Crippen molar-refractivity contribution >= 4 is 5.91 Å². The third kappa shape index (κ3) is 2.74. The van der Waals surface area contributed by atoms with E-state index < -0.39 is 0 Å². The van der Waals surface area contributed by atoms with Crippen LogP contribution in [0, 0.1) is 11.8 Å². The summed E-state index contributed by atoms with van der Waals surface area (Å²) in [6.07, 6.45) is 5.13. The summed E-state index contributed by atoms with van der Waals surface area (Å²) in [6, 6.07) is 2.37. The maximum Gasteiger partial charge on any atom is 0.269 e. The molecule has 0 atom stereocenters. The van der Waals surface area contributed by atoms with Crippen molar-refractivity contribution in [2.24, 2.45) is 11.8 Å². The Hall–Kier alpha value is -1.32. The Morgan fingerprint density at radius 3 is 2.40 bits per heavy atom. The molecule has 2 aliphatic carbocycles. The summed E-state index contributed by atoms with van der Waals surface area (Å²) in [5.74, 6) is 1.88. The molecule has 1 amide bonds. The predicted octanol–water partition coefficient (Wildman–Crippen LogP) is 2.94. The topological polar surface area (TPSA) is 46.9 Å². The Bertz CT molecular complexity index is 486. The number of carbonyl (C=O) groups is 1. The van der Waals surface area contributed by atoms with E-state index in [-0.39, 0.29) is 5.91 Å². The summed E-state index contributed by atoms with van der Waals surface area (Å²) in [5, 5.41) is 7.82. The molecule has 2 saturated carbocycles. The molecule has 0 aromatic carbocycles. The van der Waals surface area contributed by atoms with Gasteiger partial charge in [0.15, 0.2) is 0 Å². The van der Waals surface area contributed by atoms with E-state index >= 15 is 0 Å². The highest BCUT2D eigenvalue weighted by molar-refractivity contribution is 5.93. The van der Waals surface area contributed by atoms with Crippen molar-refractivity contribution in [3.05, 3.63) is 17.5 Å². The first-order chi connectivity index (χ1) is 9.60. The number of aromatic nitrogens is 2. The minimum atomic E-state index is 0.0649. The second-order valence-corrected chi connectivity index (χ2v) is 6.60. The number of nitrogens with zero attached hydrogens (tertiary/aromatic N) is 2. The van der Waals surface area contributed by atoms with Gasteiger partial charge in [-0.15, -0.1) is 0 Å². The first kappa shape index (κ1) is 13.7. The lowest BCUT2D eigenvalue weighted by atomic mass is 10.1. The molecule has 4 nitrogen and oxygen atoms in total. The zero-order chi connectivity index (χ0) is 14.3. The van der Waals surface area contributed by atoms with E-state index in [4.69, 9.17) is 0 Å². The SMILES string of the molecule is CCn1nc(C(C)C)cc1C(=O)NC(C1CC1)C1CC1. The van der Waals surface area contributed by atoms with Crippen LogP contribution < -0.4 is 5.32 Å². The number of carbonyl (C=O) groups excluding carboxylic acids is 1. The number of aryl methyl sites for hydroxylation is 1. The third-order valence-electron chi connectivity index (χ3n) is 4.48. The molecule has 1 heterocycles. The lowest BCUT2D eigenvalue weighted by molar-refractivity contribution is 0.0915. The van der Waals surface area contributed by atoms with E-state index in [2.05, 4.69) is 24.3 Å². The lowest BCUT2D eigenvalue weighted by Gasteiger charge is -2.17. The zero-order valence-electron chi connectivity index (χ0n) is 12.7. The van der Waals surface area contributed by atoms with Crippen LogP contribution in [0.15, 0.2) is 6.07 Å². The van der Waals surface area contributed by atoms with Gasteiger partial charge in [0, 0.05) is 12.6 Å². The number of rotatable bonds is 6. The summed E-state index contributed by atoms with van der Waals surface area (Å²) < 4.78 is 1.83. The summed E-state index contributed by atoms with van der Waals surface area (Å²) >= 11 is 0. The van der Waals surface area contributed by atoms with Gasteiger partial charge in [0.05, 0.1) is 5.69 Å². The molecule has 3 rings (SSSR count).